The smallest absolute Gasteiger partial charge is 0.137 e. The standard InChI is InChI=1S/C6H12N2O/c1-6(7-2)4-8-5-9-3/h4H,5H2,1-3H3. The Kier molecular flexibility index (Phi) is 5.01. The first-order valence-corrected chi connectivity index (χ1v) is 2.73. The number of hydrogen-bond donors (Lipinski definition) is 0. The maximum Gasteiger partial charge on any atom is 0.137 e. The van der Waals surface area contributed by atoms with E-state index in [4.69, 9.17) is 0 Å². The number of methoxy groups -OCH3 is 1. The molecule has 3 heteroatoms. The Morgan fingerprint density at radius 1 is 1.67 bits per heavy atom. The van der Waals surface area contributed by atoms with Gasteiger partial charge in [0.1, 0.15) is 6.73 Å². The van der Waals surface area contributed by atoms with Crippen molar-refractivity contribution in [2.24, 2.45) is 9.98 Å². The summed E-state index contributed by atoms with van der Waals surface area (Å²) in [5.41, 5.74) is 0.909. The number of hydrogen-bond acceptors (Lipinski definition) is 3. The van der Waals surface area contributed by atoms with Crippen molar-refractivity contribution in [1.82, 2.24) is 0 Å². The average Bonchev–Trinajstić information content (AvgIpc) is 1.89. The predicted molar refractivity (Wildman–Crippen MR) is 39.4 cm³/mol. The molecule has 9 heavy (non-hydrogen) atoms. The molecule has 0 saturated heterocycles. The summed E-state index contributed by atoms with van der Waals surface area (Å²) in [4.78, 5) is 7.75. The van der Waals surface area contributed by atoms with Gasteiger partial charge in [0.25, 0.3) is 0 Å². The normalized spacial score (nSPS) is 13.0. The van der Waals surface area contributed by atoms with Crippen LogP contribution in [-0.4, -0.2) is 32.8 Å². The molecule has 0 aromatic heterocycles. The molecule has 0 aliphatic heterocycles. The molecule has 0 rings (SSSR count). The maximum absolute atomic E-state index is 4.68. The third-order valence-electron chi connectivity index (χ3n) is 0.834. The van der Waals surface area contributed by atoms with Gasteiger partial charge in [-0.05, 0) is 6.92 Å². The van der Waals surface area contributed by atoms with Crippen molar-refractivity contribution in [2.45, 2.75) is 6.92 Å². The molecule has 0 spiro atoms. The summed E-state index contributed by atoms with van der Waals surface area (Å²) in [5, 5.41) is 0. The van der Waals surface area contributed by atoms with E-state index >= 15 is 0 Å². The van der Waals surface area contributed by atoms with E-state index in [0.29, 0.717) is 6.73 Å². The lowest BCUT2D eigenvalue weighted by Crippen LogP contribution is -1.93. The zero-order chi connectivity index (χ0) is 7.11. The van der Waals surface area contributed by atoms with Gasteiger partial charge in [0.15, 0.2) is 0 Å². The highest BCUT2D eigenvalue weighted by Gasteiger charge is 1.77. The molecule has 0 aliphatic rings. The highest BCUT2D eigenvalue weighted by molar-refractivity contribution is 6.29. The van der Waals surface area contributed by atoms with Crippen molar-refractivity contribution in [1.29, 1.82) is 0 Å². The molecule has 0 heterocycles. The predicted octanol–water partition coefficient (Wildman–Crippen LogP) is 0.752. The Bertz CT molecular complexity index is 118. The van der Waals surface area contributed by atoms with Gasteiger partial charge in [-0.15, -0.1) is 0 Å². The van der Waals surface area contributed by atoms with Crippen LogP contribution in [0.25, 0.3) is 0 Å². The fourth-order valence-electron chi connectivity index (χ4n) is 0.302. The molecule has 0 fully saturated rings. The summed E-state index contributed by atoms with van der Waals surface area (Å²) in [7, 11) is 3.34. The van der Waals surface area contributed by atoms with Gasteiger partial charge in [0.2, 0.25) is 0 Å². The fraction of sp³-hybridized carbons (Fsp3) is 0.667. The van der Waals surface area contributed by atoms with Gasteiger partial charge < -0.3 is 4.74 Å². The topological polar surface area (TPSA) is 34.0 Å². The van der Waals surface area contributed by atoms with E-state index in [1.54, 1.807) is 20.4 Å². The summed E-state index contributed by atoms with van der Waals surface area (Å²) in [6, 6.07) is 0. The van der Waals surface area contributed by atoms with Gasteiger partial charge >= 0.3 is 0 Å². The second-order valence-corrected chi connectivity index (χ2v) is 1.59. The third-order valence-corrected chi connectivity index (χ3v) is 0.834. The van der Waals surface area contributed by atoms with Gasteiger partial charge in [-0.1, -0.05) is 0 Å². The Balaban J connectivity index is 3.45. The maximum atomic E-state index is 4.68. The molecule has 0 N–H and O–H groups in total. The number of ether oxygens (including phenoxy) is 1. The van der Waals surface area contributed by atoms with E-state index in [0.717, 1.165) is 5.71 Å². The molecule has 0 bridgehead atoms. The second-order valence-electron chi connectivity index (χ2n) is 1.59. The monoisotopic (exact) mass is 128 g/mol. The number of aliphatic imine (C=N–C) groups is 2. The van der Waals surface area contributed by atoms with E-state index in [9.17, 15) is 0 Å². The molecule has 0 aromatic carbocycles. The SMILES string of the molecule is CN=C(C)C=NCOC. The Morgan fingerprint density at radius 2 is 2.33 bits per heavy atom. The zero-order valence-corrected chi connectivity index (χ0v) is 6.09. The molecular weight excluding hydrogens is 116 g/mol. The van der Waals surface area contributed by atoms with Crippen LogP contribution >= 0.6 is 0 Å². The Labute approximate surface area is 55.5 Å². The van der Waals surface area contributed by atoms with Crippen LogP contribution in [0, 0.1) is 0 Å². The van der Waals surface area contributed by atoms with E-state index < -0.39 is 0 Å². The molecule has 0 unspecified atom stereocenters. The summed E-state index contributed by atoms with van der Waals surface area (Å²) in [5.74, 6) is 0. The van der Waals surface area contributed by atoms with Crippen molar-refractivity contribution < 1.29 is 4.74 Å². The Hall–Kier alpha value is -0.700. The number of nitrogens with zero attached hydrogens (tertiary/aromatic N) is 2. The molecule has 0 radical (unpaired) electrons. The summed E-state index contributed by atoms with van der Waals surface area (Å²) < 4.78 is 4.68. The lowest BCUT2D eigenvalue weighted by Gasteiger charge is -1.87. The van der Waals surface area contributed by atoms with Crippen LogP contribution in [-0.2, 0) is 4.74 Å². The van der Waals surface area contributed by atoms with Gasteiger partial charge in [-0.2, -0.15) is 0 Å². The average molecular weight is 128 g/mol. The highest BCUT2D eigenvalue weighted by Crippen LogP contribution is 1.71. The van der Waals surface area contributed by atoms with Gasteiger partial charge in [-0.25, -0.2) is 0 Å². The van der Waals surface area contributed by atoms with Crippen LogP contribution in [0.3, 0.4) is 0 Å². The molecule has 0 aromatic rings. The van der Waals surface area contributed by atoms with Crippen molar-refractivity contribution >= 4 is 11.9 Å². The molecule has 52 valence electrons. The first kappa shape index (κ1) is 8.30. The molecular formula is C6H12N2O. The molecule has 0 saturated carbocycles. The summed E-state index contributed by atoms with van der Waals surface area (Å²) in [6.07, 6.45) is 1.68. The van der Waals surface area contributed by atoms with E-state index in [1.807, 2.05) is 6.92 Å². The van der Waals surface area contributed by atoms with Crippen LogP contribution in [0.5, 0.6) is 0 Å². The van der Waals surface area contributed by atoms with Gasteiger partial charge in [0.05, 0.1) is 0 Å². The minimum Gasteiger partial charge on any atom is -0.363 e. The molecule has 0 aliphatic carbocycles. The zero-order valence-electron chi connectivity index (χ0n) is 6.09. The van der Waals surface area contributed by atoms with Crippen LogP contribution in [0.2, 0.25) is 0 Å². The first-order chi connectivity index (χ1) is 4.31. The van der Waals surface area contributed by atoms with Crippen LogP contribution in [0.15, 0.2) is 9.98 Å². The number of rotatable bonds is 3. The van der Waals surface area contributed by atoms with Gasteiger partial charge in [0, 0.05) is 26.1 Å². The molecule has 0 atom stereocenters. The third kappa shape index (κ3) is 5.17. The Morgan fingerprint density at radius 3 is 2.78 bits per heavy atom. The van der Waals surface area contributed by atoms with Crippen LogP contribution in [0.4, 0.5) is 0 Å². The fourth-order valence-corrected chi connectivity index (χ4v) is 0.302. The van der Waals surface area contributed by atoms with Crippen LogP contribution < -0.4 is 0 Å². The summed E-state index contributed by atoms with van der Waals surface area (Å²) >= 11 is 0. The quantitative estimate of drug-likeness (QED) is 0.516. The van der Waals surface area contributed by atoms with Gasteiger partial charge in [-0.3, -0.25) is 9.98 Å². The second kappa shape index (κ2) is 5.44. The lowest BCUT2D eigenvalue weighted by atomic mass is 10.5. The molecule has 3 nitrogen and oxygen atoms in total. The van der Waals surface area contributed by atoms with Crippen molar-refractivity contribution in [3.05, 3.63) is 0 Å². The highest BCUT2D eigenvalue weighted by atomic mass is 16.5. The van der Waals surface area contributed by atoms with Crippen LogP contribution in [0.1, 0.15) is 6.92 Å². The van der Waals surface area contributed by atoms with Crippen molar-refractivity contribution in [3.8, 4) is 0 Å². The van der Waals surface area contributed by atoms with Crippen molar-refractivity contribution in [3.63, 3.8) is 0 Å². The van der Waals surface area contributed by atoms with E-state index in [2.05, 4.69) is 14.7 Å². The van der Waals surface area contributed by atoms with E-state index in [-0.39, 0.29) is 0 Å². The first-order valence-electron chi connectivity index (χ1n) is 2.73. The lowest BCUT2D eigenvalue weighted by molar-refractivity contribution is 0.209. The van der Waals surface area contributed by atoms with Crippen molar-refractivity contribution in [2.75, 3.05) is 20.9 Å². The summed E-state index contributed by atoms with van der Waals surface area (Å²) in [6.45, 7) is 2.30. The minimum atomic E-state index is 0.410. The van der Waals surface area contributed by atoms with E-state index in [1.165, 1.54) is 0 Å². The largest absolute Gasteiger partial charge is 0.363 e. The minimum absolute atomic E-state index is 0.410. The molecule has 0 amide bonds.